The Morgan fingerprint density at radius 1 is 1.26 bits per heavy atom. The molecule has 1 heterocycles. The van der Waals surface area contributed by atoms with Gasteiger partial charge in [-0.25, -0.2) is 12.7 Å². The zero-order valence-corrected chi connectivity index (χ0v) is 11.9. The van der Waals surface area contributed by atoms with Gasteiger partial charge in [-0.1, -0.05) is 0 Å². The van der Waals surface area contributed by atoms with Crippen LogP contribution in [0, 0.1) is 17.3 Å². The van der Waals surface area contributed by atoms with Crippen molar-refractivity contribution in [3.8, 4) is 0 Å². The molecule has 0 spiro atoms. The van der Waals surface area contributed by atoms with Crippen molar-refractivity contribution in [1.29, 1.82) is 0 Å². The number of carboxylic acid groups (broad SMARTS) is 1. The van der Waals surface area contributed by atoms with Crippen molar-refractivity contribution in [2.45, 2.75) is 38.5 Å². The molecule has 1 aliphatic heterocycles. The molecule has 5 nitrogen and oxygen atoms in total. The fraction of sp³-hybridized carbons (Fsp3) is 0.923. The third kappa shape index (κ3) is 2.40. The van der Waals surface area contributed by atoms with Crippen LogP contribution in [0.4, 0.5) is 0 Å². The summed E-state index contributed by atoms with van der Waals surface area (Å²) in [6.45, 7) is 0.538. The van der Waals surface area contributed by atoms with E-state index in [1.165, 1.54) is 17.1 Å². The quantitative estimate of drug-likeness (QED) is 0.846. The Morgan fingerprint density at radius 3 is 2.42 bits per heavy atom. The van der Waals surface area contributed by atoms with Crippen LogP contribution in [-0.2, 0) is 14.8 Å². The Hall–Kier alpha value is -0.620. The largest absolute Gasteiger partial charge is 0.481 e. The molecule has 19 heavy (non-hydrogen) atoms. The molecule has 0 aromatic rings. The summed E-state index contributed by atoms with van der Waals surface area (Å²) >= 11 is 0. The normalized spacial score (nSPS) is 38.9. The third-order valence-corrected chi connectivity index (χ3v) is 7.37. The van der Waals surface area contributed by atoms with Gasteiger partial charge in [0.05, 0.1) is 11.7 Å². The van der Waals surface area contributed by atoms with Crippen LogP contribution >= 0.6 is 0 Å². The third-order valence-electron chi connectivity index (χ3n) is 5.27. The highest BCUT2D eigenvalue weighted by Crippen LogP contribution is 2.54. The lowest BCUT2D eigenvalue weighted by molar-refractivity contribution is -0.141. The van der Waals surface area contributed by atoms with E-state index in [4.69, 9.17) is 5.11 Å². The molecule has 108 valence electrons. The molecule has 1 N–H and O–H groups in total. The van der Waals surface area contributed by atoms with Crippen LogP contribution in [0.15, 0.2) is 0 Å². The van der Waals surface area contributed by atoms with Crippen molar-refractivity contribution in [1.82, 2.24) is 4.31 Å². The average molecular weight is 287 g/mol. The van der Waals surface area contributed by atoms with Gasteiger partial charge >= 0.3 is 5.97 Å². The van der Waals surface area contributed by atoms with Gasteiger partial charge in [0.25, 0.3) is 0 Å². The average Bonchev–Trinajstić information content (AvgIpc) is 3.02. The molecule has 2 bridgehead atoms. The molecule has 0 radical (unpaired) electrons. The number of fused-ring (bicyclic) bond motifs is 2. The molecule has 0 aromatic carbocycles. The SMILES string of the molecule is O=C(O)C1CCN(S(=O)(=O)CC23CCC(CC2)C3)C1. The van der Waals surface area contributed by atoms with Crippen LogP contribution in [0.25, 0.3) is 0 Å². The molecule has 0 amide bonds. The summed E-state index contributed by atoms with van der Waals surface area (Å²) < 4.78 is 26.4. The number of hydrogen-bond acceptors (Lipinski definition) is 3. The van der Waals surface area contributed by atoms with Gasteiger partial charge in [-0.3, -0.25) is 4.79 Å². The molecule has 3 aliphatic rings. The lowest BCUT2D eigenvalue weighted by atomic mass is 9.87. The van der Waals surface area contributed by atoms with Gasteiger partial charge in [0, 0.05) is 13.1 Å². The Morgan fingerprint density at radius 2 is 1.95 bits per heavy atom. The molecule has 1 saturated heterocycles. The second-order valence-corrected chi connectivity index (χ2v) is 8.55. The Labute approximate surface area is 114 Å². The van der Waals surface area contributed by atoms with Gasteiger partial charge in [-0.2, -0.15) is 0 Å². The highest BCUT2D eigenvalue weighted by molar-refractivity contribution is 7.89. The van der Waals surface area contributed by atoms with E-state index in [1.807, 2.05) is 0 Å². The van der Waals surface area contributed by atoms with E-state index in [1.54, 1.807) is 0 Å². The van der Waals surface area contributed by atoms with E-state index < -0.39 is 21.9 Å². The molecule has 0 aromatic heterocycles. The van der Waals surface area contributed by atoms with Crippen molar-refractivity contribution >= 4 is 16.0 Å². The summed E-state index contributed by atoms with van der Waals surface area (Å²) in [6, 6.07) is 0. The van der Waals surface area contributed by atoms with Gasteiger partial charge in [0.2, 0.25) is 10.0 Å². The zero-order valence-electron chi connectivity index (χ0n) is 11.0. The monoisotopic (exact) mass is 287 g/mol. The number of rotatable bonds is 4. The van der Waals surface area contributed by atoms with Gasteiger partial charge < -0.3 is 5.11 Å². The standard InChI is InChI=1S/C13H21NO4S/c15-12(16)11-3-6-14(8-11)19(17,18)9-13-4-1-10(7-13)2-5-13/h10-11H,1-9H2,(H,15,16). The highest BCUT2D eigenvalue weighted by Gasteiger charge is 2.48. The minimum absolute atomic E-state index is 0.00477. The minimum Gasteiger partial charge on any atom is -0.481 e. The predicted molar refractivity (Wildman–Crippen MR) is 70.1 cm³/mol. The zero-order chi connectivity index (χ0) is 13.7. The number of sulfonamides is 1. The summed E-state index contributed by atoms with van der Waals surface area (Å²) in [5.74, 6) is -0.423. The second-order valence-electron chi connectivity index (χ2n) is 6.59. The van der Waals surface area contributed by atoms with Gasteiger partial charge in [0.1, 0.15) is 0 Å². The Bertz CT molecular complexity index is 479. The Balaban J connectivity index is 1.68. The Kier molecular flexibility index (Phi) is 3.13. The highest BCUT2D eigenvalue weighted by atomic mass is 32.2. The predicted octanol–water partition coefficient (Wildman–Crippen LogP) is 1.30. The van der Waals surface area contributed by atoms with Crippen molar-refractivity contribution in [2.24, 2.45) is 17.3 Å². The van der Waals surface area contributed by atoms with Crippen molar-refractivity contribution < 1.29 is 18.3 Å². The van der Waals surface area contributed by atoms with E-state index in [0.29, 0.717) is 13.0 Å². The summed E-state index contributed by atoms with van der Waals surface area (Å²) in [6.07, 6.45) is 5.92. The summed E-state index contributed by atoms with van der Waals surface area (Å²) in [7, 11) is -3.28. The first-order valence-electron chi connectivity index (χ1n) is 7.11. The van der Waals surface area contributed by atoms with Crippen molar-refractivity contribution in [3.05, 3.63) is 0 Å². The van der Waals surface area contributed by atoms with Gasteiger partial charge in [0.15, 0.2) is 0 Å². The van der Waals surface area contributed by atoms with Crippen molar-refractivity contribution in [2.75, 3.05) is 18.8 Å². The number of aliphatic carboxylic acids is 1. The summed E-state index contributed by atoms with van der Waals surface area (Å²) in [5, 5.41) is 8.96. The number of carbonyl (C=O) groups is 1. The smallest absolute Gasteiger partial charge is 0.307 e. The lowest BCUT2D eigenvalue weighted by Crippen LogP contribution is -2.37. The number of hydrogen-bond donors (Lipinski definition) is 1. The molecular formula is C13H21NO4S. The van der Waals surface area contributed by atoms with Crippen LogP contribution < -0.4 is 0 Å². The first-order chi connectivity index (χ1) is 8.90. The van der Waals surface area contributed by atoms with Crippen molar-refractivity contribution in [3.63, 3.8) is 0 Å². The van der Waals surface area contributed by atoms with Crippen LogP contribution in [-0.4, -0.2) is 42.6 Å². The molecule has 6 heteroatoms. The summed E-state index contributed by atoms with van der Waals surface area (Å²) in [4.78, 5) is 10.9. The number of nitrogens with zero attached hydrogens (tertiary/aromatic N) is 1. The lowest BCUT2D eigenvalue weighted by Gasteiger charge is -2.28. The maximum absolute atomic E-state index is 12.5. The van der Waals surface area contributed by atoms with E-state index >= 15 is 0 Å². The molecule has 2 aliphatic carbocycles. The van der Waals surface area contributed by atoms with Gasteiger partial charge in [-0.15, -0.1) is 0 Å². The first-order valence-corrected chi connectivity index (χ1v) is 8.72. The van der Waals surface area contributed by atoms with Crippen LogP contribution in [0.3, 0.4) is 0 Å². The maximum Gasteiger partial charge on any atom is 0.307 e. The van der Waals surface area contributed by atoms with Crippen LogP contribution in [0.1, 0.15) is 38.5 Å². The van der Waals surface area contributed by atoms with E-state index in [9.17, 15) is 13.2 Å². The van der Waals surface area contributed by atoms with Gasteiger partial charge in [-0.05, 0) is 49.9 Å². The topological polar surface area (TPSA) is 74.7 Å². The van der Waals surface area contributed by atoms with E-state index in [2.05, 4.69) is 0 Å². The first kappa shape index (κ1) is 13.4. The molecule has 3 rings (SSSR count). The number of carboxylic acids is 1. The second kappa shape index (κ2) is 4.45. The van der Waals surface area contributed by atoms with Crippen LogP contribution in [0.5, 0.6) is 0 Å². The molecular weight excluding hydrogens is 266 g/mol. The van der Waals surface area contributed by atoms with E-state index in [-0.39, 0.29) is 17.7 Å². The molecule has 2 saturated carbocycles. The van der Waals surface area contributed by atoms with Crippen LogP contribution in [0.2, 0.25) is 0 Å². The maximum atomic E-state index is 12.5. The molecule has 3 fully saturated rings. The molecule has 1 atom stereocenters. The van der Waals surface area contributed by atoms with E-state index in [0.717, 1.165) is 25.2 Å². The fourth-order valence-electron chi connectivity index (χ4n) is 4.17. The fourth-order valence-corrected chi connectivity index (χ4v) is 6.33. The molecule has 1 unspecified atom stereocenters. The summed E-state index contributed by atoms with van der Waals surface area (Å²) in [5.41, 5.74) is 0.00477. The minimum atomic E-state index is -3.28.